The van der Waals surface area contributed by atoms with E-state index in [0.29, 0.717) is 22.1 Å². The first-order chi connectivity index (χ1) is 15.4. The van der Waals surface area contributed by atoms with E-state index in [1.807, 2.05) is 31.2 Å². The molecule has 0 atom stereocenters. The zero-order valence-electron chi connectivity index (χ0n) is 16.8. The molecule has 4 rings (SSSR count). The highest BCUT2D eigenvalue weighted by Crippen LogP contribution is 2.21. The van der Waals surface area contributed by atoms with E-state index >= 15 is 0 Å². The summed E-state index contributed by atoms with van der Waals surface area (Å²) in [5.74, 6) is -1.34. The largest absolute Gasteiger partial charge is 0.323 e. The lowest BCUT2D eigenvalue weighted by Crippen LogP contribution is -2.15. The average Bonchev–Trinajstić information content (AvgIpc) is 3.16. The van der Waals surface area contributed by atoms with Crippen molar-refractivity contribution in [2.75, 3.05) is 16.4 Å². The Morgan fingerprint density at radius 3 is 2.72 bits per heavy atom. The Hall–Kier alpha value is -3.43. The Morgan fingerprint density at radius 2 is 1.94 bits per heavy atom. The van der Waals surface area contributed by atoms with E-state index < -0.39 is 11.7 Å². The van der Waals surface area contributed by atoms with Crippen LogP contribution in [0, 0.1) is 12.7 Å². The number of thioether (sulfide) groups is 1. The zero-order valence-corrected chi connectivity index (χ0v) is 18.4. The molecule has 0 aliphatic carbocycles. The first-order valence-corrected chi connectivity index (χ1v) is 10.9. The van der Waals surface area contributed by atoms with Gasteiger partial charge in [-0.3, -0.25) is 14.0 Å². The Balaban J connectivity index is 1.45. The van der Waals surface area contributed by atoms with Gasteiger partial charge in [-0.05, 0) is 55.0 Å². The van der Waals surface area contributed by atoms with Gasteiger partial charge < -0.3 is 10.6 Å². The van der Waals surface area contributed by atoms with E-state index in [1.165, 1.54) is 12.1 Å². The third kappa shape index (κ3) is 5.06. The van der Waals surface area contributed by atoms with Gasteiger partial charge in [-0.2, -0.15) is 0 Å². The summed E-state index contributed by atoms with van der Waals surface area (Å²) in [6.45, 7) is 1.94. The molecule has 0 aliphatic heterocycles. The van der Waals surface area contributed by atoms with Crippen molar-refractivity contribution in [2.45, 2.75) is 12.1 Å². The van der Waals surface area contributed by atoms with Crippen LogP contribution >= 0.6 is 23.4 Å². The van der Waals surface area contributed by atoms with Crippen LogP contribution in [-0.2, 0) is 4.79 Å². The van der Waals surface area contributed by atoms with Crippen molar-refractivity contribution in [1.82, 2.24) is 14.6 Å². The Kier molecular flexibility index (Phi) is 6.38. The summed E-state index contributed by atoms with van der Waals surface area (Å²) < 4.78 is 15.5. The molecule has 4 aromatic rings. The number of amides is 2. The molecule has 2 aromatic carbocycles. The number of fused-ring (bicyclic) bond motifs is 1. The van der Waals surface area contributed by atoms with Gasteiger partial charge in [0.15, 0.2) is 10.8 Å². The van der Waals surface area contributed by atoms with Gasteiger partial charge in [0.2, 0.25) is 5.91 Å². The van der Waals surface area contributed by atoms with Crippen LogP contribution in [0.25, 0.3) is 5.65 Å². The number of benzene rings is 2. The third-order valence-corrected chi connectivity index (χ3v) is 5.62. The molecule has 32 heavy (non-hydrogen) atoms. The van der Waals surface area contributed by atoms with Gasteiger partial charge >= 0.3 is 0 Å². The van der Waals surface area contributed by atoms with Crippen molar-refractivity contribution in [3.8, 4) is 0 Å². The third-order valence-electron chi connectivity index (χ3n) is 4.45. The molecular formula is C22H17ClFN5O2S. The molecule has 2 amide bonds. The molecule has 10 heteroatoms. The lowest BCUT2D eigenvalue weighted by atomic mass is 10.2. The van der Waals surface area contributed by atoms with E-state index in [0.717, 1.165) is 23.4 Å². The number of rotatable bonds is 6. The summed E-state index contributed by atoms with van der Waals surface area (Å²) in [4.78, 5) is 24.9. The molecular weight excluding hydrogens is 453 g/mol. The number of nitrogens with zero attached hydrogens (tertiary/aromatic N) is 3. The lowest BCUT2D eigenvalue weighted by molar-refractivity contribution is -0.113. The summed E-state index contributed by atoms with van der Waals surface area (Å²) in [5.41, 5.74) is 2.71. The molecule has 0 fully saturated rings. The standard InChI is InChI=1S/C22H17ClFN5O2S/c1-13-3-2-4-16(9-13)25-21(31)14-5-8-19-27-28-22(29(19)11-14)32-12-20(30)26-18-7-6-15(23)10-17(18)24/h2-11H,12H2,1H3,(H,25,31)(H,26,30). The summed E-state index contributed by atoms with van der Waals surface area (Å²) in [5, 5.41) is 14.1. The topological polar surface area (TPSA) is 88.4 Å². The number of pyridine rings is 1. The summed E-state index contributed by atoms with van der Waals surface area (Å²) in [6, 6.07) is 14.8. The van der Waals surface area contributed by atoms with Crippen LogP contribution in [0.1, 0.15) is 15.9 Å². The summed E-state index contributed by atoms with van der Waals surface area (Å²) >= 11 is 6.84. The fourth-order valence-electron chi connectivity index (χ4n) is 2.94. The fourth-order valence-corrected chi connectivity index (χ4v) is 3.81. The fraction of sp³-hybridized carbons (Fsp3) is 0.0909. The lowest BCUT2D eigenvalue weighted by Gasteiger charge is -2.08. The molecule has 0 spiro atoms. The molecule has 2 heterocycles. The molecule has 0 aliphatic rings. The van der Waals surface area contributed by atoms with E-state index in [9.17, 15) is 14.0 Å². The number of nitrogens with one attached hydrogen (secondary N) is 2. The van der Waals surface area contributed by atoms with Crippen LogP contribution in [0.15, 0.2) is 66.0 Å². The van der Waals surface area contributed by atoms with E-state index in [1.54, 1.807) is 22.7 Å². The van der Waals surface area contributed by atoms with Gasteiger partial charge in [-0.1, -0.05) is 35.5 Å². The van der Waals surface area contributed by atoms with Crippen LogP contribution in [0.4, 0.5) is 15.8 Å². The van der Waals surface area contributed by atoms with Crippen LogP contribution < -0.4 is 10.6 Å². The van der Waals surface area contributed by atoms with E-state index in [4.69, 9.17) is 11.6 Å². The average molecular weight is 470 g/mol. The minimum Gasteiger partial charge on any atom is -0.323 e. The summed E-state index contributed by atoms with van der Waals surface area (Å²) in [7, 11) is 0. The van der Waals surface area contributed by atoms with Crippen LogP contribution in [0.5, 0.6) is 0 Å². The van der Waals surface area contributed by atoms with Crippen molar-refractivity contribution in [3.63, 3.8) is 0 Å². The van der Waals surface area contributed by atoms with Gasteiger partial charge in [-0.25, -0.2) is 4.39 Å². The number of anilines is 2. The van der Waals surface area contributed by atoms with Crippen molar-refractivity contribution in [2.24, 2.45) is 0 Å². The normalized spacial score (nSPS) is 10.8. The van der Waals surface area contributed by atoms with Gasteiger partial charge in [0.25, 0.3) is 5.91 Å². The number of hydrogen-bond donors (Lipinski definition) is 2. The maximum atomic E-state index is 13.9. The molecule has 2 aromatic heterocycles. The second-order valence-electron chi connectivity index (χ2n) is 6.91. The van der Waals surface area contributed by atoms with Crippen LogP contribution in [0.2, 0.25) is 5.02 Å². The van der Waals surface area contributed by atoms with Gasteiger partial charge in [0, 0.05) is 16.9 Å². The second kappa shape index (κ2) is 9.37. The maximum absolute atomic E-state index is 13.9. The molecule has 2 N–H and O–H groups in total. The zero-order chi connectivity index (χ0) is 22.7. The first kappa shape index (κ1) is 21.8. The molecule has 162 valence electrons. The monoisotopic (exact) mass is 469 g/mol. The molecule has 0 saturated heterocycles. The number of carbonyl (C=O) groups is 2. The number of hydrogen-bond acceptors (Lipinski definition) is 5. The quantitative estimate of drug-likeness (QED) is 0.395. The van der Waals surface area contributed by atoms with E-state index in [-0.39, 0.29) is 22.4 Å². The van der Waals surface area contributed by atoms with Gasteiger partial charge in [-0.15, -0.1) is 10.2 Å². The minimum absolute atomic E-state index is 0.0252. The van der Waals surface area contributed by atoms with E-state index in [2.05, 4.69) is 20.8 Å². The predicted molar refractivity (Wildman–Crippen MR) is 123 cm³/mol. The SMILES string of the molecule is Cc1cccc(NC(=O)c2ccc3nnc(SCC(=O)Nc4ccc(Cl)cc4F)n3c2)c1. The van der Waals surface area contributed by atoms with Crippen molar-refractivity contribution in [3.05, 3.63) is 82.8 Å². The highest BCUT2D eigenvalue weighted by molar-refractivity contribution is 7.99. The maximum Gasteiger partial charge on any atom is 0.257 e. The predicted octanol–water partition coefficient (Wildman–Crippen LogP) is 4.81. The Labute approximate surface area is 192 Å². The van der Waals surface area contributed by atoms with Crippen LogP contribution in [0.3, 0.4) is 0 Å². The number of aryl methyl sites for hydroxylation is 1. The van der Waals surface area contributed by atoms with Gasteiger partial charge in [0.1, 0.15) is 5.82 Å². The van der Waals surface area contributed by atoms with Gasteiger partial charge in [0.05, 0.1) is 17.0 Å². The van der Waals surface area contributed by atoms with Crippen LogP contribution in [-0.4, -0.2) is 32.2 Å². The highest BCUT2D eigenvalue weighted by Gasteiger charge is 2.14. The number of halogens is 2. The molecule has 0 saturated carbocycles. The number of carbonyl (C=O) groups excluding carboxylic acids is 2. The summed E-state index contributed by atoms with van der Waals surface area (Å²) in [6.07, 6.45) is 1.61. The second-order valence-corrected chi connectivity index (χ2v) is 8.29. The Bertz CT molecular complexity index is 1330. The highest BCUT2D eigenvalue weighted by atomic mass is 35.5. The molecule has 0 bridgehead atoms. The van der Waals surface area contributed by atoms with Crippen molar-refractivity contribution < 1.29 is 14.0 Å². The number of aromatic nitrogens is 3. The van der Waals surface area contributed by atoms with Crippen molar-refractivity contribution in [1.29, 1.82) is 0 Å². The first-order valence-electron chi connectivity index (χ1n) is 9.49. The molecule has 7 nitrogen and oxygen atoms in total. The minimum atomic E-state index is -0.618. The van der Waals surface area contributed by atoms with Crippen molar-refractivity contribution >= 4 is 52.2 Å². The smallest absolute Gasteiger partial charge is 0.257 e. The Morgan fingerprint density at radius 1 is 1.09 bits per heavy atom. The molecule has 0 radical (unpaired) electrons. The molecule has 0 unspecified atom stereocenters.